The molecule has 3 N–H and O–H groups in total. The van der Waals surface area contributed by atoms with Crippen LogP contribution in [0.5, 0.6) is 0 Å². The molecule has 1 heterocycles. The molecule has 152 valence electrons. The van der Waals surface area contributed by atoms with Crippen molar-refractivity contribution in [2.45, 2.75) is 82.7 Å². The molecule has 5 nitrogen and oxygen atoms in total. The van der Waals surface area contributed by atoms with E-state index in [-0.39, 0.29) is 11.8 Å². The van der Waals surface area contributed by atoms with Crippen LogP contribution in [0.2, 0.25) is 0 Å². The summed E-state index contributed by atoms with van der Waals surface area (Å²) in [5.74, 6) is 0.575. The van der Waals surface area contributed by atoms with Crippen molar-refractivity contribution in [1.82, 2.24) is 10.9 Å². The number of rotatable bonds is 2. The molecule has 0 spiro atoms. The molecule has 4 fully saturated rings. The Morgan fingerprint density at radius 1 is 1.00 bits per heavy atom. The molecule has 1 aromatic rings. The number of hydrogen-bond donors (Lipinski definition) is 3. The Morgan fingerprint density at radius 2 is 1.71 bits per heavy atom. The van der Waals surface area contributed by atoms with Crippen LogP contribution < -0.4 is 10.9 Å². The number of nitrogens with one attached hydrogen (secondary N) is 2. The average Bonchev–Trinajstić information content (AvgIpc) is 2.99. The minimum absolute atomic E-state index is 0.108. The van der Waals surface area contributed by atoms with E-state index in [4.69, 9.17) is 0 Å². The molecule has 1 aromatic heterocycles. The molecule has 6 heteroatoms. The molecule has 2 amide bonds. The van der Waals surface area contributed by atoms with Crippen LogP contribution in [0.3, 0.4) is 0 Å². The molecular formula is C22H30N2O3S. The first-order valence-corrected chi connectivity index (χ1v) is 11.7. The van der Waals surface area contributed by atoms with E-state index in [1.807, 2.05) is 6.07 Å². The largest absolute Gasteiger partial charge is 0.390 e. The molecule has 5 aliphatic rings. The minimum atomic E-state index is -0.671. The first-order chi connectivity index (χ1) is 13.4. The van der Waals surface area contributed by atoms with E-state index >= 15 is 0 Å². The van der Waals surface area contributed by atoms with Gasteiger partial charge >= 0.3 is 0 Å². The van der Waals surface area contributed by atoms with Gasteiger partial charge in [0.15, 0.2) is 0 Å². The van der Waals surface area contributed by atoms with Crippen LogP contribution in [0, 0.1) is 17.3 Å². The van der Waals surface area contributed by atoms with Crippen molar-refractivity contribution in [3.8, 4) is 0 Å². The fourth-order valence-electron chi connectivity index (χ4n) is 6.74. The van der Waals surface area contributed by atoms with E-state index in [2.05, 4.69) is 10.9 Å². The zero-order chi connectivity index (χ0) is 19.4. The molecule has 2 unspecified atom stereocenters. The van der Waals surface area contributed by atoms with Crippen molar-refractivity contribution >= 4 is 23.2 Å². The van der Waals surface area contributed by atoms with E-state index in [1.54, 1.807) is 11.3 Å². The van der Waals surface area contributed by atoms with Gasteiger partial charge in [-0.3, -0.25) is 20.4 Å². The Morgan fingerprint density at radius 3 is 2.43 bits per heavy atom. The molecule has 4 saturated carbocycles. The summed E-state index contributed by atoms with van der Waals surface area (Å²) in [4.78, 5) is 27.7. The highest BCUT2D eigenvalue weighted by atomic mass is 32.1. The lowest BCUT2D eigenvalue weighted by Crippen LogP contribution is -2.61. The number of thiophene rings is 1. The van der Waals surface area contributed by atoms with Crippen molar-refractivity contribution < 1.29 is 14.7 Å². The quantitative estimate of drug-likeness (QED) is 0.663. The maximum atomic E-state index is 13.0. The number of carbonyl (C=O) groups is 2. The maximum absolute atomic E-state index is 13.0. The van der Waals surface area contributed by atoms with Crippen LogP contribution in [0.1, 0.15) is 84.3 Å². The van der Waals surface area contributed by atoms with Crippen molar-refractivity contribution in [2.75, 3.05) is 0 Å². The zero-order valence-corrected chi connectivity index (χ0v) is 17.2. The lowest BCUT2D eigenvalue weighted by atomic mass is 9.47. The van der Waals surface area contributed by atoms with Gasteiger partial charge in [0.1, 0.15) is 0 Å². The van der Waals surface area contributed by atoms with Crippen LogP contribution in [-0.2, 0) is 17.6 Å². The second-order valence-electron chi connectivity index (χ2n) is 9.85. The van der Waals surface area contributed by atoms with Crippen LogP contribution in [0.15, 0.2) is 6.07 Å². The zero-order valence-electron chi connectivity index (χ0n) is 16.4. The minimum Gasteiger partial charge on any atom is -0.390 e. The summed E-state index contributed by atoms with van der Waals surface area (Å²) < 4.78 is 0. The Balaban J connectivity index is 1.25. The lowest BCUT2D eigenvalue weighted by molar-refractivity contribution is -0.178. The molecule has 6 rings (SSSR count). The molecule has 4 bridgehead atoms. The fourth-order valence-corrected chi connectivity index (χ4v) is 7.89. The monoisotopic (exact) mass is 402 g/mol. The van der Waals surface area contributed by atoms with Gasteiger partial charge in [0.25, 0.3) is 5.91 Å². The van der Waals surface area contributed by atoms with Crippen LogP contribution >= 0.6 is 11.3 Å². The summed E-state index contributed by atoms with van der Waals surface area (Å²) >= 11 is 1.57. The third kappa shape index (κ3) is 3.28. The lowest BCUT2D eigenvalue weighted by Gasteiger charge is -2.59. The summed E-state index contributed by atoms with van der Waals surface area (Å²) in [5.41, 5.74) is 5.52. The average molecular weight is 403 g/mol. The number of aryl methyl sites for hydroxylation is 2. The van der Waals surface area contributed by atoms with Gasteiger partial charge in [-0.25, -0.2) is 0 Å². The third-order valence-electron chi connectivity index (χ3n) is 7.52. The highest BCUT2D eigenvalue weighted by Gasteiger charge is 2.60. The van der Waals surface area contributed by atoms with Crippen LogP contribution in [0.4, 0.5) is 0 Å². The van der Waals surface area contributed by atoms with Gasteiger partial charge in [-0.05, 0) is 87.7 Å². The summed E-state index contributed by atoms with van der Waals surface area (Å²) in [6.45, 7) is 0. The predicted octanol–water partition coefficient (Wildman–Crippen LogP) is 3.50. The highest BCUT2D eigenvalue weighted by molar-refractivity contribution is 7.14. The Labute approximate surface area is 170 Å². The first kappa shape index (κ1) is 18.6. The van der Waals surface area contributed by atoms with Gasteiger partial charge in [-0.2, -0.15) is 0 Å². The van der Waals surface area contributed by atoms with Gasteiger partial charge in [-0.15, -0.1) is 11.3 Å². The number of hydrogen-bond acceptors (Lipinski definition) is 4. The van der Waals surface area contributed by atoms with Crippen molar-refractivity contribution in [3.05, 3.63) is 21.4 Å². The third-order valence-corrected chi connectivity index (χ3v) is 8.76. The molecule has 28 heavy (non-hydrogen) atoms. The maximum Gasteiger partial charge on any atom is 0.279 e. The number of carbonyl (C=O) groups excluding carboxylic acids is 2. The Hall–Kier alpha value is -1.40. The predicted molar refractivity (Wildman–Crippen MR) is 108 cm³/mol. The summed E-state index contributed by atoms with van der Waals surface area (Å²) in [7, 11) is 0. The molecule has 5 aliphatic carbocycles. The Kier molecular flexibility index (Phi) is 4.55. The molecular weight excluding hydrogens is 372 g/mol. The Bertz CT molecular complexity index is 762. The van der Waals surface area contributed by atoms with Gasteiger partial charge < -0.3 is 5.11 Å². The standard InChI is InChI=1S/C22H30N2O3S/c25-19(18-8-16-5-3-1-2-4-6-17(16)28-18)23-24-20(26)21-9-14-7-15(10-21)12-22(27,11-14)13-21/h8,14-15,27H,1-7,9-13H2,(H,23,25)(H,24,26)/t14-,15+,21?,22?. The number of fused-ring (bicyclic) bond motifs is 1. The smallest absolute Gasteiger partial charge is 0.279 e. The van der Waals surface area contributed by atoms with E-state index in [1.165, 1.54) is 36.1 Å². The first-order valence-electron chi connectivity index (χ1n) is 10.9. The van der Waals surface area contributed by atoms with E-state index in [0.29, 0.717) is 23.1 Å². The topological polar surface area (TPSA) is 78.4 Å². The molecule has 4 atom stereocenters. The van der Waals surface area contributed by atoms with Crippen LogP contribution in [0.25, 0.3) is 0 Å². The van der Waals surface area contributed by atoms with Gasteiger partial charge in [0.2, 0.25) is 5.91 Å². The number of aliphatic hydroxyl groups is 1. The SMILES string of the molecule is O=C(NNC(=O)C12C[C@@H]3C[C@@H](CC(O)(C3)C1)C2)c1cc2c(s1)CCCCCC2. The fraction of sp³-hybridized carbons (Fsp3) is 0.727. The summed E-state index contributed by atoms with van der Waals surface area (Å²) in [6.07, 6.45) is 12.1. The molecule has 0 aliphatic heterocycles. The normalized spacial score (nSPS) is 36.3. The summed E-state index contributed by atoms with van der Waals surface area (Å²) in [5, 5.41) is 10.8. The molecule has 0 saturated heterocycles. The second kappa shape index (κ2) is 6.84. The van der Waals surface area contributed by atoms with Crippen molar-refractivity contribution in [1.29, 1.82) is 0 Å². The van der Waals surface area contributed by atoms with Crippen molar-refractivity contribution in [3.63, 3.8) is 0 Å². The van der Waals surface area contributed by atoms with Gasteiger partial charge in [0, 0.05) is 4.88 Å². The van der Waals surface area contributed by atoms with E-state index in [9.17, 15) is 14.7 Å². The second-order valence-corrected chi connectivity index (χ2v) is 11.0. The van der Waals surface area contributed by atoms with E-state index in [0.717, 1.165) is 44.9 Å². The molecule has 0 aromatic carbocycles. The van der Waals surface area contributed by atoms with Gasteiger partial charge in [-0.1, -0.05) is 12.8 Å². The summed E-state index contributed by atoms with van der Waals surface area (Å²) in [6, 6.07) is 2.01. The molecule has 0 radical (unpaired) electrons. The highest BCUT2D eigenvalue weighted by Crippen LogP contribution is 2.61. The van der Waals surface area contributed by atoms with Crippen molar-refractivity contribution in [2.24, 2.45) is 17.3 Å². The van der Waals surface area contributed by atoms with E-state index < -0.39 is 11.0 Å². The van der Waals surface area contributed by atoms with Gasteiger partial charge in [0.05, 0.1) is 15.9 Å². The van der Waals surface area contributed by atoms with Crippen LogP contribution in [-0.4, -0.2) is 22.5 Å². The number of hydrazine groups is 1. The number of amides is 2.